The van der Waals surface area contributed by atoms with E-state index in [9.17, 15) is 4.79 Å². The molecular weight excluding hydrogens is 398 g/mol. The number of benzene rings is 2. The molecule has 1 N–H and O–H groups in total. The van der Waals surface area contributed by atoms with Crippen LogP contribution in [-0.2, 0) is 0 Å². The van der Waals surface area contributed by atoms with Crippen molar-refractivity contribution in [3.8, 4) is 5.75 Å². The predicted octanol–water partition coefficient (Wildman–Crippen LogP) is 4.23. The van der Waals surface area contributed by atoms with Crippen molar-refractivity contribution in [2.75, 3.05) is 20.2 Å². The molecule has 5 aliphatic heterocycles. The van der Waals surface area contributed by atoms with Gasteiger partial charge in [-0.25, -0.2) is 0 Å². The van der Waals surface area contributed by atoms with Gasteiger partial charge in [0.15, 0.2) is 0 Å². The molecule has 0 aromatic heterocycles. The molecule has 170 valence electrons. The summed E-state index contributed by atoms with van der Waals surface area (Å²) in [6.45, 7) is 5.53. The van der Waals surface area contributed by atoms with Crippen molar-refractivity contribution in [1.82, 2.24) is 15.1 Å². The van der Waals surface area contributed by atoms with Gasteiger partial charge in [-0.15, -0.1) is 0 Å². The highest BCUT2D eigenvalue weighted by atomic mass is 16.5. The predicted molar refractivity (Wildman–Crippen MR) is 127 cm³/mol. The zero-order valence-electron chi connectivity index (χ0n) is 19.5. The van der Waals surface area contributed by atoms with E-state index in [1.54, 1.807) is 7.11 Å². The number of hydrogen-bond acceptors (Lipinski definition) is 4. The number of carbonyl (C=O) groups excluding carboxylic acids is 1. The summed E-state index contributed by atoms with van der Waals surface area (Å²) in [4.78, 5) is 17.5. The van der Waals surface area contributed by atoms with Crippen LogP contribution in [0.3, 0.4) is 0 Å². The highest BCUT2D eigenvalue weighted by molar-refractivity contribution is 5.94. The average molecular weight is 434 g/mol. The van der Waals surface area contributed by atoms with E-state index in [1.165, 1.54) is 36.8 Å². The molecule has 7 rings (SSSR count). The zero-order chi connectivity index (χ0) is 22.2. The molecule has 1 amide bonds. The number of rotatable bonds is 7. The molecule has 5 saturated heterocycles. The number of nitrogens with zero attached hydrogens (tertiary/aromatic N) is 2. The topological polar surface area (TPSA) is 44.8 Å². The van der Waals surface area contributed by atoms with Crippen molar-refractivity contribution in [3.05, 3.63) is 65.2 Å². The maximum Gasteiger partial charge on any atom is 0.253 e. The number of piperidine rings is 4. The number of hydrogen-bond donors (Lipinski definition) is 1. The first-order chi connectivity index (χ1) is 15.6. The Kier molecular flexibility index (Phi) is 5.95. The monoisotopic (exact) mass is 433 g/mol. The standard InChI is InChI=1S/C27H35N3O2/c1-4-29(5-2)27(31)19-11-9-18(10-12-19)26(20-7-6-8-21(17-20)32-3)30-24-15-13-22-25(30)16-14-23(24)28-22/h6-12,17,22-26,28H,4-5,13-16H2,1-3H3. The van der Waals surface area contributed by atoms with Crippen LogP contribution in [0.1, 0.15) is 67.1 Å². The molecule has 0 saturated carbocycles. The number of ether oxygens (including phenoxy) is 1. The van der Waals surface area contributed by atoms with E-state index < -0.39 is 0 Å². The fourth-order valence-corrected chi connectivity index (χ4v) is 6.34. The van der Waals surface area contributed by atoms with E-state index in [0.717, 1.165) is 24.4 Å². The van der Waals surface area contributed by atoms with Gasteiger partial charge in [0.2, 0.25) is 0 Å². The SMILES string of the molecule is CCN(CC)C(=O)c1ccc(C(c2cccc(OC)c2)N2C3CCC4NC3CCC42)cc1. The van der Waals surface area contributed by atoms with Crippen molar-refractivity contribution in [2.24, 2.45) is 0 Å². The lowest BCUT2D eigenvalue weighted by atomic mass is 9.71. The summed E-state index contributed by atoms with van der Waals surface area (Å²) in [5.41, 5.74) is 3.29. The second kappa shape index (κ2) is 8.87. The van der Waals surface area contributed by atoms with Gasteiger partial charge in [0, 0.05) is 42.8 Å². The largest absolute Gasteiger partial charge is 0.497 e. The van der Waals surface area contributed by atoms with Gasteiger partial charge in [-0.05, 0) is 74.9 Å². The number of methoxy groups -OCH3 is 1. The molecule has 5 unspecified atom stereocenters. The third-order valence-corrected chi connectivity index (χ3v) is 7.90. The maximum absolute atomic E-state index is 12.8. The van der Waals surface area contributed by atoms with Gasteiger partial charge in [0.05, 0.1) is 13.2 Å². The molecule has 5 heteroatoms. The van der Waals surface area contributed by atoms with Crippen molar-refractivity contribution in [3.63, 3.8) is 0 Å². The maximum atomic E-state index is 12.8. The van der Waals surface area contributed by atoms with E-state index in [-0.39, 0.29) is 11.9 Å². The Morgan fingerprint density at radius 2 is 1.66 bits per heavy atom. The van der Waals surface area contributed by atoms with Crippen LogP contribution < -0.4 is 10.1 Å². The molecule has 0 spiro atoms. The second-order valence-corrected chi connectivity index (χ2v) is 9.39. The second-order valence-electron chi connectivity index (χ2n) is 9.39. The van der Waals surface area contributed by atoms with E-state index in [4.69, 9.17) is 4.74 Å². The minimum atomic E-state index is 0.111. The normalized spacial score (nSPS) is 27.3. The van der Waals surface area contributed by atoms with Gasteiger partial charge in [-0.2, -0.15) is 0 Å². The van der Waals surface area contributed by atoms with Gasteiger partial charge in [-0.3, -0.25) is 9.69 Å². The van der Waals surface area contributed by atoms with Gasteiger partial charge in [-0.1, -0.05) is 24.3 Å². The Labute approximate surface area is 191 Å². The van der Waals surface area contributed by atoms with Gasteiger partial charge in [0.1, 0.15) is 5.75 Å². The Hall–Kier alpha value is -2.37. The van der Waals surface area contributed by atoms with E-state index >= 15 is 0 Å². The van der Waals surface area contributed by atoms with Crippen molar-refractivity contribution >= 4 is 5.91 Å². The third-order valence-electron chi connectivity index (χ3n) is 7.90. The molecular formula is C27H35N3O2. The van der Waals surface area contributed by atoms with Crippen LogP contribution in [0.5, 0.6) is 5.75 Å². The molecule has 5 heterocycles. The lowest BCUT2D eigenvalue weighted by Gasteiger charge is -2.62. The molecule has 0 radical (unpaired) electrons. The first-order valence-corrected chi connectivity index (χ1v) is 12.2. The van der Waals surface area contributed by atoms with E-state index in [2.05, 4.69) is 40.5 Å². The molecule has 5 nitrogen and oxygen atoms in total. The van der Waals surface area contributed by atoms with Crippen LogP contribution in [0.15, 0.2) is 48.5 Å². The summed E-state index contributed by atoms with van der Waals surface area (Å²) in [5, 5.41) is 3.90. The van der Waals surface area contributed by atoms with Crippen molar-refractivity contribution < 1.29 is 9.53 Å². The summed E-state index contributed by atoms with van der Waals surface area (Å²) in [7, 11) is 1.73. The van der Waals surface area contributed by atoms with Crippen molar-refractivity contribution in [2.45, 2.75) is 69.7 Å². The summed E-state index contributed by atoms with van der Waals surface area (Å²) in [5.74, 6) is 1.01. The first-order valence-electron chi connectivity index (χ1n) is 12.2. The Balaban J connectivity index is 1.53. The average Bonchev–Trinajstić information content (AvgIpc) is 2.85. The van der Waals surface area contributed by atoms with Crippen LogP contribution in [-0.4, -0.2) is 60.1 Å². The lowest BCUT2D eigenvalue weighted by molar-refractivity contribution is -0.0756. The molecule has 5 atom stereocenters. The molecule has 5 aliphatic rings. The number of nitrogens with one attached hydrogen (secondary N) is 1. The first kappa shape index (κ1) is 21.5. The van der Waals surface area contributed by atoms with E-state index in [0.29, 0.717) is 24.2 Å². The summed E-state index contributed by atoms with van der Waals surface area (Å²) >= 11 is 0. The van der Waals surface area contributed by atoms with Crippen molar-refractivity contribution in [1.29, 1.82) is 0 Å². The third kappa shape index (κ3) is 3.61. The van der Waals surface area contributed by atoms with Gasteiger partial charge < -0.3 is 15.0 Å². The molecule has 0 aliphatic carbocycles. The van der Waals surface area contributed by atoms with Crippen LogP contribution >= 0.6 is 0 Å². The fraction of sp³-hybridized carbons (Fsp3) is 0.519. The summed E-state index contributed by atoms with van der Waals surface area (Å²) in [6.07, 6.45) is 5.09. The Morgan fingerprint density at radius 1 is 1.00 bits per heavy atom. The minimum absolute atomic E-state index is 0.111. The molecule has 2 aromatic rings. The van der Waals surface area contributed by atoms with Gasteiger partial charge in [0.25, 0.3) is 5.91 Å². The zero-order valence-corrected chi connectivity index (χ0v) is 19.5. The van der Waals surface area contributed by atoms with Crippen LogP contribution in [0.4, 0.5) is 0 Å². The van der Waals surface area contributed by atoms with Gasteiger partial charge >= 0.3 is 0 Å². The highest BCUT2D eigenvalue weighted by Gasteiger charge is 2.52. The number of fused-ring (bicyclic) bond motifs is 2. The molecule has 2 aromatic carbocycles. The van der Waals surface area contributed by atoms with E-state index in [1.807, 2.05) is 36.9 Å². The number of amides is 1. The fourth-order valence-electron chi connectivity index (χ4n) is 6.34. The molecule has 5 fully saturated rings. The van der Waals surface area contributed by atoms with Crippen LogP contribution in [0.2, 0.25) is 0 Å². The summed E-state index contributed by atoms with van der Waals surface area (Å²) in [6, 6.07) is 19.4. The smallest absolute Gasteiger partial charge is 0.253 e. The number of carbonyl (C=O) groups is 1. The van der Waals surface area contributed by atoms with Crippen LogP contribution in [0.25, 0.3) is 0 Å². The lowest BCUT2D eigenvalue weighted by Crippen LogP contribution is -2.74. The summed E-state index contributed by atoms with van der Waals surface area (Å²) < 4.78 is 5.57. The highest BCUT2D eigenvalue weighted by Crippen LogP contribution is 2.46. The quantitative estimate of drug-likeness (QED) is 0.710. The molecule has 4 bridgehead atoms. The minimum Gasteiger partial charge on any atom is -0.497 e. The van der Waals surface area contributed by atoms with Crippen LogP contribution in [0, 0.1) is 0 Å². The number of piperazine rings is 1. The Bertz CT molecular complexity index is 938. The molecule has 32 heavy (non-hydrogen) atoms. The Morgan fingerprint density at radius 3 is 2.25 bits per heavy atom.